The molecule has 0 aliphatic heterocycles. The van der Waals surface area contributed by atoms with Crippen molar-refractivity contribution in [3.8, 4) is 11.1 Å². The molecule has 0 atom stereocenters. The van der Waals surface area contributed by atoms with Crippen molar-refractivity contribution in [2.45, 2.75) is 6.92 Å². The highest BCUT2D eigenvalue weighted by molar-refractivity contribution is 5.78. The van der Waals surface area contributed by atoms with Gasteiger partial charge in [0.05, 0.1) is 0 Å². The number of aryl methyl sites for hydroxylation is 1. The fraction of sp³-hybridized carbons (Fsp3) is 0.0833. The summed E-state index contributed by atoms with van der Waals surface area (Å²) in [5, 5.41) is 0. The Hall–Kier alpha value is -2.03. The van der Waals surface area contributed by atoms with Crippen molar-refractivity contribution >= 4 is 6.29 Å². The highest BCUT2D eigenvalue weighted by atomic mass is 16.1. The van der Waals surface area contributed by atoms with Crippen LogP contribution in [0.25, 0.3) is 11.1 Å². The molecule has 0 saturated heterocycles. The third-order valence-electron chi connectivity index (χ3n) is 2.23. The summed E-state index contributed by atoms with van der Waals surface area (Å²) < 4.78 is 0. The maximum Gasteiger partial charge on any atom is 0.151 e. The number of hydrogen-bond donors (Lipinski definition) is 0. The van der Waals surface area contributed by atoms with E-state index in [-0.39, 0.29) is 0 Å². The van der Waals surface area contributed by atoms with Gasteiger partial charge in [-0.05, 0) is 30.2 Å². The van der Waals surface area contributed by atoms with Crippen LogP contribution in [0.2, 0.25) is 0 Å². The SMILES string of the molecule is Cc1cnccc1-c1cncc(C=O)c1. The van der Waals surface area contributed by atoms with Crippen LogP contribution in [-0.4, -0.2) is 16.3 Å². The van der Waals surface area contributed by atoms with Gasteiger partial charge in [-0.2, -0.15) is 0 Å². The van der Waals surface area contributed by atoms with E-state index in [0.717, 1.165) is 23.0 Å². The Labute approximate surface area is 87.8 Å². The molecule has 0 aliphatic carbocycles. The van der Waals surface area contributed by atoms with Gasteiger partial charge in [-0.1, -0.05) is 0 Å². The molecule has 15 heavy (non-hydrogen) atoms. The number of carbonyl (C=O) groups excluding carboxylic acids is 1. The van der Waals surface area contributed by atoms with Crippen LogP contribution in [-0.2, 0) is 0 Å². The first kappa shape index (κ1) is 9.52. The van der Waals surface area contributed by atoms with Gasteiger partial charge in [0.15, 0.2) is 6.29 Å². The Morgan fingerprint density at radius 3 is 2.80 bits per heavy atom. The molecule has 2 heterocycles. The van der Waals surface area contributed by atoms with E-state index in [0.29, 0.717) is 5.56 Å². The van der Waals surface area contributed by atoms with Crippen LogP contribution in [0.3, 0.4) is 0 Å². The van der Waals surface area contributed by atoms with Crippen LogP contribution in [0.4, 0.5) is 0 Å². The molecule has 0 bridgehead atoms. The molecule has 0 unspecified atom stereocenters. The molecule has 0 aliphatic rings. The lowest BCUT2D eigenvalue weighted by Crippen LogP contribution is -1.88. The van der Waals surface area contributed by atoms with Gasteiger partial charge in [0.25, 0.3) is 0 Å². The van der Waals surface area contributed by atoms with Gasteiger partial charge in [-0.3, -0.25) is 14.8 Å². The molecule has 3 nitrogen and oxygen atoms in total. The van der Waals surface area contributed by atoms with Gasteiger partial charge in [-0.25, -0.2) is 0 Å². The second-order valence-electron chi connectivity index (χ2n) is 3.32. The largest absolute Gasteiger partial charge is 0.298 e. The quantitative estimate of drug-likeness (QED) is 0.695. The molecule has 2 rings (SSSR count). The van der Waals surface area contributed by atoms with E-state index in [1.807, 2.05) is 19.1 Å². The Bertz CT molecular complexity index is 494. The number of aromatic nitrogens is 2. The average molecular weight is 198 g/mol. The van der Waals surface area contributed by atoms with Crippen LogP contribution in [0.1, 0.15) is 15.9 Å². The minimum Gasteiger partial charge on any atom is -0.298 e. The highest BCUT2D eigenvalue weighted by Gasteiger charge is 2.02. The van der Waals surface area contributed by atoms with E-state index >= 15 is 0 Å². The Morgan fingerprint density at radius 1 is 1.20 bits per heavy atom. The summed E-state index contributed by atoms with van der Waals surface area (Å²) in [5.74, 6) is 0. The zero-order valence-electron chi connectivity index (χ0n) is 8.34. The molecule has 2 aromatic heterocycles. The molecule has 0 spiro atoms. The predicted molar refractivity (Wildman–Crippen MR) is 57.6 cm³/mol. The molecule has 0 saturated carbocycles. The van der Waals surface area contributed by atoms with Crippen molar-refractivity contribution in [2.75, 3.05) is 0 Å². The van der Waals surface area contributed by atoms with E-state index in [2.05, 4.69) is 9.97 Å². The van der Waals surface area contributed by atoms with Crippen molar-refractivity contribution in [3.63, 3.8) is 0 Å². The lowest BCUT2D eigenvalue weighted by molar-refractivity contribution is 0.112. The number of rotatable bonds is 2. The molecule has 0 radical (unpaired) electrons. The first-order valence-corrected chi connectivity index (χ1v) is 4.62. The van der Waals surface area contributed by atoms with E-state index in [1.165, 1.54) is 0 Å². The average Bonchev–Trinajstić information content (AvgIpc) is 2.30. The smallest absolute Gasteiger partial charge is 0.151 e. The first-order chi connectivity index (χ1) is 7.31. The summed E-state index contributed by atoms with van der Waals surface area (Å²) in [7, 11) is 0. The summed E-state index contributed by atoms with van der Waals surface area (Å²) in [4.78, 5) is 18.7. The van der Waals surface area contributed by atoms with E-state index in [1.54, 1.807) is 24.8 Å². The lowest BCUT2D eigenvalue weighted by atomic mass is 10.0. The number of nitrogens with zero attached hydrogens (tertiary/aromatic N) is 2. The number of pyridine rings is 2. The van der Waals surface area contributed by atoms with Crippen molar-refractivity contribution in [2.24, 2.45) is 0 Å². The maximum absolute atomic E-state index is 10.6. The predicted octanol–water partition coefficient (Wildman–Crippen LogP) is 2.26. The summed E-state index contributed by atoms with van der Waals surface area (Å²) in [6.07, 6.45) is 7.62. The third kappa shape index (κ3) is 1.91. The maximum atomic E-state index is 10.6. The van der Waals surface area contributed by atoms with E-state index in [4.69, 9.17) is 0 Å². The zero-order chi connectivity index (χ0) is 10.7. The highest BCUT2D eigenvalue weighted by Crippen LogP contribution is 2.21. The van der Waals surface area contributed by atoms with Crippen molar-refractivity contribution in [1.82, 2.24) is 9.97 Å². The van der Waals surface area contributed by atoms with Gasteiger partial charge < -0.3 is 0 Å². The molecule has 0 N–H and O–H groups in total. The van der Waals surface area contributed by atoms with Crippen LogP contribution in [0.5, 0.6) is 0 Å². The van der Waals surface area contributed by atoms with Crippen molar-refractivity contribution < 1.29 is 4.79 Å². The van der Waals surface area contributed by atoms with Gasteiger partial charge in [-0.15, -0.1) is 0 Å². The van der Waals surface area contributed by atoms with E-state index in [9.17, 15) is 4.79 Å². The van der Waals surface area contributed by atoms with Crippen molar-refractivity contribution in [3.05, 3.63) is 48.0 Å². The second-order valence-corrected chi connectivity index (χ2v) is 3.32. The molecule has 3 heteroatoms. The molecule has 0 fully saturated rings. The second kappa shape index (κ2) is 4.00. The molecular formula is C12H10N2O. The number of hydrogen-bond acceptors (Lipinski definition) is 3. The fourth-order valence-corrected chi connectivity index (χ4v) is 1.47. The standard InChI is InChI=1S/C12H10N2O/c1-9-5-13-3-2-12(9)11-4-10(8-15)6-14-7-11/h2-8H,1H3. The number of carbonyl (C=O) groups is 1. The van der Waals surface area contributed by atoms with Gasteiger partial charge >= 0.3 is 0 Å². The van der Waals surface area contributed by atoms with Crippen LogP contribution < -0.4 is 0 Å². The van der Waals surface area contributed by atoms with Crippen LogP contribution >= 0.6 is 0 Å². The Balaban J connectivity index is 2.54. The molecule has 2 aromatic rings. The summed E-state index contributed by atoms with van der Waals surface area (Å²) in [6.45, 7) is 1.98. The topological polar surface area (TPSA) is 42.9 Å². The molecule has 74 valence electrons. The summed E-state index contributed by atoms with van der Waals surface area (Å²) in [6, 6.07) is 3.74. The lowest BCUT2D eigenvalue weighted by Gasteiger charge is -2.04. The van der Waals surface area contributed by atoms with Gasteiger partial charge in [0.2, 0.25) is 0 Å². The van der Waals surface area contributed by atoms with Crippen molar-refractivity contribution in [1.29, 1.82) is 0 Å². The van der Waals surface area contributed by atoms with E-state index < -0.39 is 0 Å². The Morgan fingerprint density at radius 2 is 2.07 bits per heavy atom. The normalized spacial score (nSPS) is 9.93. The summed E-state index contributed by atoms with van der Waals surface area (Å²) >= 11 is 0. The van der Waals surface area contributed by atoms with Gasteiger partial charge in [0.1, 0.15) is 0 Å². The molecular weight excluding hydrogens is 188 g/mol. The fourth-order valence-electron chi connectivity index (χ4n) is 1.47. The number of aldehydes is 1. The third-order valence-corrected chi connectivity index (χ3v) is 2.23. The minimum atomic E-state index is 0.587. The molecule has 0 aromatic carbocycles. The van der Waals surface area contributed by atoms with Crippen LogP contribution in [0, 0.1) is 6.92 Å². The van der Waals surface area contributed by atoms with Crippen LogP contribution in [0.15, 0.2) is 36.9 Å². The monoisotopic (exact) mass is 198 g/mol. The first-order valence-electron chi connectivity index (χ1n) is 4.62. The minimum absolute atomic E-state index is 0.587. The van der Waals surface area contributed by atoms with Gasteiger partial charge in [0, 0.05) is 35.9 Å². The zero-order valence-corrected chi connectivity index (χ0v) is 8.34. The Kier molecular flexibility index (Phi) is 2.54. The summed E-state index contributed by atoms with van der Waals surface area (Å²) in [5.41, 5.74) is 3.66. The molecule has 0 amide bonds.